The van der Waals surface area contributed by atoms with Crippen molar-refractivity contribution in [1.29, 1.82) is 0 Å². The van der Waals surface area contributed by atoms with Gasteiger partial charge in [-0.15, -0.1) is 21.5 Å². The number of carboxylic acids is 1. The standard InChI is InChI=1S/C33H35N5O5S/c1-19-20(2)44-32-29(19)30(34-27(13-14-28(39)42-4)31-36-35-21(3)38(31)32)22-5-9-24(10-6-22)37-17-15-26(16-18-37)43-25-11-7-23(8-12-25)33(40)41/h5-12,26-27H,13-18H2,1-4H3,(H,40,41)/t27-/m0/s1. The number of carbonyl (C=O) groups is 2. The van der Waals surface area contributed by atoms with Gasteiger partial charge in [0.05, 0.1) is 18.4 Å². The third kappa shape index (κ3) is 5.71. The van der Waals surface area contributed by atoms with Crippen LogP contribution in [0.15, 0.2) is 53.5 Å². The predicted octanol–water partition coefficient (Wildman–Crippen LogP) is 5.85. The fraction of sp³-hybridized carbons (Fsp3) is 0.364. The molecule has 2 aliphatic heterocycles. The number of fused-ring (bicyclic) bond motifs is 3. The van der Waals surface area contributed by atoms with Gasteiger partial charge in [-0.1, -0.05) is 12.1 Å². The average Bonchev–Trinajstić information content (AvgIpc) is 3.51. The highest BCUT2D eigenvalue weighted by Gasteiger charge is 2.32. The van der Waals surface area contributed by atoms with Crippen LogP contribution in [0, 0.1) is 20.8 Å². The second-order valence-corrected chi connectivity index (χ2v) is 12.4. The molecule has 1 saturated heterocycles. The maximum Gasteiger partial charge on any atom is 0.335 e. The van der Waals surface area contributed by atoms with Crippen molar-refractivity contribution in [2.24, 2.45) is 4.99 Å². The van der Waals surface area contributed by atoms with Crippen molar-refractivity contribution in [2.45, 2.75) is 58.6 Å². The number of ether oxygens (including phenoxy) is 2. The molecule has 1 N–H and O–H groups in total. The van der Waals surface area contributed by atoms with E-state index in [9.17, 15) is 9.59 Å². The molecule has 0 bridgehead atoms. The van der Waals surface area contributed by atoms with Crippen LogP contribution in [0.5, 0.6) is 5.75 Å². The largest absolute Gasteiger partial charge is 0.490 e. The minimum atomic E-state index is -0.944. The Morgan fingerprint density at radius 1 is 1.00 bits per heavy atom. The lowest BCUT2D eigenvalue weighted by atomic mass is 9.98. The summed E-state index contributed by atoms with van der Waals surface area (Å²) < 4.78 is 13.2. The molecule has 1 fully saturated rings. The van der Waals surface area contributed by atoms with Crippen LogP contribution in [0.4, 0.5) is 5.69 Å². The van der Waals surface area contributed by atoms with Crippen LogP contribution in [0.2, 0.25) is 0 Å². The molecule has 2 aromatic heterocycles. The Balaban J connectivity index is 1.22. The van der Waals surface area contributed by atoms with Gasteiger partial charge in [-0.2, -0.15) is 0 Å². The highest BCUT2D eigenvalue weighted by molar-refractivity contribution is 7.15. The molecule has 0 amide bonds. The number of aliphatic imine (C=N–C) groups is 1. The molecule has 2 aliphatic rings. The maximum atomic E-state index is 12.1. The van der Waals surface area contributed by atoms with Crippen molar-refractivity contribution < 1.29 is 24.2 Å². The molecule has 4 heterocycles. The summed E-state index contributed by atoms with van der Waals surface area (Å²) in [6, 6.07) is 14.8. The first kappa shape index (κ1) is 29.6. The number of piperidine rings is 1. The van der Waals surface area contributed by atoms with Gasteiger partial charge in [0.15, 0.2) is 5.82 Å². The lowest BCUT2D eigenvalue weighted by molar-refractivity contribution is -0.140. The number of esters is 1. The van der Waals surface area contributed by atoms with Crippen LogP contribution in [0.1, 0.15) is 75.3 Å². The number of hydrogen-bond acceptors (Lipinski definition) is 9. The number of hydrogen-bond donors (Lipinski definition) is 1. The Morgan fingerprint density at radius 3 is 2.36 bits per heavy atom. The van der Waals surface area contributed by atoms with Crippen LogP contribution < -0.4 is 9.64 Å². The first-order valence-electron chi connectivity index (χ1n) is 14.8. The zero-order chi connectivity index (χ0) is 31.0. The molecular weight excluding hydrogens is 578 g/mol. The van der Waals surface area contributed by atoms with Crippen molar-refractivity contribution in [3.05, 3.63) is 87.3 Å². The number of thiophene rings is 1. The molecule has 10 nitrogen and oxygen atoms in total. The third-order valence-electron chi connectivity index (χ3n) is 8.44. The Labute approximate surface area is 260 Å². The molecule has 4 aromatic rings. The van der Waals surface area contributed by atoms with Gasteiger partial charge in [-0.3, -0.25) is 14.4 Å². The van der Waals surface area contributed by atoms with Crippen molar-refractivity contribution in [1.82, 2.24) is 14.8 Å². The number of methoxy groups -OCH3 is 1. The number of nitrogens with zero attached hydrogens (tertiary/aromatic N) is 5. The number of aryl methyl sites for hydroxylation is 2. The summed E-state index contributed by atoms with van der Waals surface area (Å²) >= 11 is 1.71. The predicted molar refractivity (Wildman–Crippen MR) is 169 cm³/mol. The van der Waals surface area contributed by atoms with Crippen LogP contribution in [0.25, 0.3) is 5.00 Å². The van der Waals surface area contributed by atoms with E-state index in [2.05, 4.69) is 57.8 Å². The fourth-order valence-electron chi connectivity index (χ4n) is 5.87. The Bertz CT molecular complexity index is 1720. The molecular formula is C33H35N5O5S. The van der Waals surface area contributed by atoms with Crippen LogP contribution in [-0.2, 0) is 9.53 Å². The van der Waals surface area contributed by atoms with Crippen LogP contribution in [-0.4, -0.2) is 63.8 Å². The monoisotopic (exact) mass is 613 g/mol. The van der Waals surface area contributed by atoms with Gasteiger partial charge in [0, 0.05) is 54.0 Å². The van der Waals surface area contributed by atoms with E-state index in [1.165, 1.54) is 17.6 Å². The second-order valence-electron chi connectivity index (χ2n) is 11.2. The summed E-state index contributed by atoms with van der Waals surface area (Å²) in [5.74, 6) is 1.01. The first-order valence-corrected chi connectivity index (χ1v) is 15.6. The summed E-state index contributed by atoms with van der Waals surface area (Å²) in [6.45, 7) is 7.92. The molecule has 0 radical (unpaired) electrons. The average molecular weight is 614 g/mol. The minimum Gasteiger partial charge on any atom is -0.490 e. The Hall–Kier alpha value is -4.51. The molecule has 0 aliphatic carbocycles. The zero-order valence-electron chi connectivity index (χ0n) is 25.2. The van der Waals surface area contributed by atoms with Crippen molar-refractivity contribution >= 4 is 34.7 Å². The van der Waals surface area contributed by atoms with Gasteiger partial charge in [0.25, 0.3) is 0 Å². The third-order valence-corrected chi connectivity index (χ3v) is 9.63. The summed E-state index contributed by atoms with van der Waals surface area (Å²) in [4.78, 5) is 32.0. The van der Waals surface area contributed by atoms with Crippen LogP contribution >= 0.6 is 11.3 Å². The highest BCUT2D eigenvalue weighted by Crippen LogP contribution is 2.40. The van der Waals surface area contributed by atoms with E-state index in [1.807, 2.05) is 6.92 Å². The fourth-order valence-corrected chi connectivity index (χ4v) is 7.08. The summed E-state index contributed by atoms with van der Waals surface area (Å²) in [6.07, 6.45) is 2.53. The first-order chi connectivity index (χ1) is 21.2. The van der Waals surface area contributed by atoms with Crippen LogP contribution in [0.3, 0.4) is 0 Å². The molecule has 0 spiro atoms. The van der Waals surface area contributed by atoms with Gasteiger partial charge in [-0.05, 0) is 69.2 Å². The molecule has 0 unspecified atom stereocenters. The van der Waals surface area contributed by atoms with Gasteiger partial charge in [0.2, 0.25) is 0 Å². The lowest BCUT2D eigenvalue weighted by Gasteiger charge is -2.33. The number of anilines is 1. The number of benzene rings is 2. The van der Waals surface area contributed by atoms with E-state index < -0.39 is 5.97 Å². The van der Waals surface area contributed by atoms with E-state index in [0.717, 1.165) is 65.1 Å². The Morgan fingerprint density at radius 2 is 1.70 bits per heavy atom. The molecule has 11 heteroatoms. The van der Waals surface area contributed by atoms with Crippen molar-refractivity contribution in [3.8, 4) is 10.8 Å². The van der Waals surface area contributed by atoms with E-state index >= 15 is 0 Å². The normalized spacial score (nSPS) is 16.5. The molecule has 0 saturated carbocycles. The number of carbonyl (C=O) groups excluding carboxylic acids is 1. The number of carboxylic acid groups (broad SMARTS) is 1. The maximum absolute atomic E-state index is 12.1. The number of aromatic nitrogens is 3. The van der Waals surface area contributed by atoms with Gasteiger partial charge >= 0.3 is 11.9 Å². The SMILES string of the molecule is COC(=O)CC[C@@H]1N=C(c2ccc(N3CCC(Oc4ccc(C(=O)O)cc4)CC3)cc2)c2c(sc(C)c2C)-n2c(C)nnc21. The number of aromatic carboxylic acids is 1. The van der Waals surface area contributed by atoms with Gasteiger partial charge in [0.1, 0.15) is 28.7 Å². The van der Waals surface area contributed by atoms with E-state index in [1.54, 1.807) is 35.6 Å². The smallest absolute Gasteiger partial charge is 0.335 e. The Kier molecular flexibility index (Phi) is 8.22. The zero-order valence-corrected chi connectivity index (χ0v) is 26.1. The topological polar surface area (TPSA) is 119 Å². The van der Waals surface area contributed by atoms with E-state index in [4.69, 9.17) is 19.6 Å². The second kappa shape index (κ2) is 12.2. The number of rotatable bonds is 8. The lowest BCUT2D eigenvalue weighted by Crippen LogP contribution is -2.38. The summed E-state index contributed by atoms with van der Waals surface area (Å²) in [5, 5.41) is 19.1. The van der Waals surface area contributed by atoms with Gasteiger partial charge < -0.3 is 19.5 Å². The van der Waals surface area contributed by atoms with Crippen molar-refractivity contribution in [3.63, 3.8) is 0 Å². The quantitative estimate of drug-likeness (QED) is 0.246. The highest BCUT2D eigenvalue weighted by atomic mass is 32.1. The molecule has 1 atom stereocenters. The van der Waals surface area contributed by atoms with Crippen molar-refractivity contribution in [2.75, 3.05) is 25.1 Å². The van der Waals surface area contributed by atoms with Gasteiger partial charge in [-0.25, -0.2) is 4.79 Å². The summed E-state index contributed by atoms with van der Waals surface area (Å²) in [7, 11) is 1.40. The van der Waals surface area contributed by atoms with E-state index in [-0.39, 0.29) is 30.1 Å². The molecule has 44 heavy (non-hydrogen) atoms. The molecule has 228 valence electrons. The minimum absolute atomic E-state index is 0.0797. The molecule has 2 aromatic carbocycles. The molecule has 6 rings (SSSR count). The van der Waals surface area contributed by atoms with E-state index in [0.29, 0.717) is 12.2 Å². The summed E-state index contributed by atoms with van der Waals surface area (Å²) in [5.41, 5.74) is 5.56.